The Balaban J connectivity index is 1.76. The van der Waals surface area contributed by atoms with Gasteiger partial charge in [0.05, 0.1) is 37.2 Å². The number of nitrogens with zero attached hydrogens (tertiary/aromatic N) is 3. The van der Waals surface area contributed by atoms with E-state index in [1.807, 2.05) is 0 Å². The molecule has 3 heterocycles. The van der Waals surface area contributed by atoms with Gasteiger partial charge in [0.25, 0.3) is 11.7 Å². The second-order valence-corrected chi connectivity index (χ2v) is 7.55. The number of aliphatic hydroxyl groups is 1. The highest BCUT2D eigenvalue weighted by Crippen LogP contribution is 2.40. The molecule has 1 amide bonds. The van der Waals surface area contributed by atoms with Gasteiger partial charge in [0, 0.05) is 32.4 Å². The Bertz CT molecular complexity index is 1040. The first-order valence-corrected chi connectivity index (χ1v) is 10.3. The maximum atomic E-state index is 13.9. The minimum Gasteiger partial charge on any atom is -0.507 e. The summed E-state index contributed by atoms with van der Waals surface area (Å²) in [6.07, 6.45) is 1.56. The molecule has 8 nitrogen and oxygen atoms in total. The van der Waals surface area contributed by atoms with Gasteiger partial charge in [0.15, 0.2) is 0 Å². The summed E-state index contributed by atoms with van der Waals surface area (Å²) in [5, 5.41) is 11.1. The minimum atomic E-state index is -0.898. The van der Waals surface area contributed by atoms with Crippen LogP contribution in [0.15, 0.2) is 48.2 Å². The number of Topliss-reactive ketones (excluding diaryl/α,β-unsaturated/α-hetero) is 1. The van der Waals surface area contributed by atoms with Gasteiger partial charge in [-0.2, -0.15) is 0 Å². The fourth-order valence-electron chi connectivity index (χ4n) is 4.04. The molecule has 1 aromatic heterocycles. The quantitative estimate of drug-likeness (QED) is 0.416. The van der Waals surface area contributed by atoms with Crippen molar-refractivity contribution in [3.63, 3.8) is 0 Å². The predicted molar refractivity (Wildman–Crippen MR) is 113 cm³/mol. The van der Waals surface area contributed by atoms with Gasteiger partial charge in [-0.15, -0.1) is 0 Å². The molecule has 1 unspecified atom stereocenters. The summed E-state index contributed by atoms with van der Waals surface area (Å²) >= 11 is 0. The molecule has 32 heavy (non-hydrogen) atoms. The molecule has 168 valence electrons. The molecule has 0 saturated carbocycles. The van der Waals surface area contributed by atoms with Crippen LogP contribution in [0.5, 0.6) is 5.75 Å². The number of halogens is 1. The van der Waals surface area contributed by atoms with Crippen molar-refractivity contribution in [3.8, 4) is 5.75 Å². The SMILES string of the molecule is COc1ccc(F)cc1/C(O)=C1\C(=O)C(=O)N(CCN2CCOCC2)C1c1ccccn1. The minimum absolute atomic E-state index is 0.000361. The molecule has 0 radical (unpaired) electrons. The number of morpholine rings is 1. The lowest BCUT2D eigenvalue weighted by Gasteiger charge is -2.30. The Morgan fingerprint density at radius 2 is 2.00 bits per heavy atom. The number of rotatable bonds is 6. The molecular formula is C23H24FN3O5. The van der Waals surface area contributed by atoms with Crippen molar-refractivity contribution in [2.45, 2.75) is 6.04 Å². The van der Waals surface area contributed by atoms with Crippen LogP contribution >= 0.6 is 0 Å². The second kappa shape index (κ2) is 9.46. The van der Waals surface area contributed by atoms with Gasteiger partial charge in [-0.05, 0) is 30.3 Å². The van der Waals surface area contributed by atoms with Gasteiger partial charge in [0.1, 0.15) is 23.4 Å². The van der Waals surface area contributed by atoms with E-state index in [0.717, 1.165) is 19.2 Å². The molecule has 0 aliphatic carbocycles. The van der Waals surface area contributed by atoms with Crippen LogP contribution in [-0.4, -0.2) is 78.1 Å². The highest BCUT2D eigenvalue weighted by molar-refractivity contribution is 6.46. The van der Waals surface area contributed by atoms with Crippen molar-refractivity contribution in [2.24, 2.45) is 0 Å². The number of benzene rings is 1. The van der Waals surface area contributed by atoms with Crippen LogP contribution in [0.3, 0.4) is 0 Å². The van der Waals surface area contributed by atoms with E-state index in [1.54, 1.807) is 24.4 Å². The third-order valence-electron chi connectivity index (χ3n) is 5.69. The lowest BCUT2D eigenvalue weighted by Crippen LogP contribution is -2.42. The number of likely N-dealkylation sites (tertiary alicyclic amines) is 1. The highest BCUT2D eigenvalue weighted by Gasteiger charge is 2.47. The van der Waals surface area contributed by atoms with Crippen molar-refractivity contribution in [1.29, 1.82) is 0 Å². The molecule has 2 aliphatic rings. The van der Waals surface area contributed by atoms with E-state index in [2.05, 4.69) is 9.88 Å². The van der Waals surface area contributed by atoms with E-state index < -0.39 is 29.3 Å². The molecule has 2 aliphatic heterocycles. The summed E-state index contributed by atoms with van der Waals surface area (Å²) in [5.74, 6) is -2.49. The summed E-state index contributed by atoms with van der Waals surface area (Å²) in [6.45, 7) is 3.51. The molecule has 1 atom stereocenters. The van der Waals surface area contributed by atoms with E-state index in [9.17, 15) is 19.1 Å². The van der Waals surface area contributed by atoms with E-state index >= 15 is 0 Å². The number of carbonyl (C=O) groups is 2. The van der Waals surface area contributed by atoms with Crippen LogP contribution in [0.1, 0.15) is 17.3 Å². The molecule has 2 fully saturated rings. The number of amides is 1. The monoisotopic (exact) mass is 441 g/mol. The van der Waals surface area contributed by atoms with E-state index in [0.29, 0.717) is 25.5 Å². The van der Waals surface area contributed by atoms with Crippen molar-refractivity contribution < 1.29 is 28.6 Å². The van der Waals surface area contributed by atoms with E-state index in [-0.39, 0.29) is 23.4 Å². The number of hydrogen-bond acceptors (Lipinski definition) is 7. The zero-order valence-corrected chi connectivity index (χ0v) is 17.7. The first kappa shape index (κ1) is 21.9. The average molecular weight is 441 g/mol. The smallest absolute Gasteiger partial charge is 0.295 e. The third-order valence-corrected chi connectivity index (χ3v) is 5.69. The molecule has 9 heteroatoms. The molecule has 4 rings (SSSR count). The van der Waals surface area contributed by atoms with Crippen LogP contribution in [0.25, 0.3) is 5.76 Å². The van der Waals surface area contributed by atoms with Gasteiger partial charge in [-0.3, -0.25) is 19.5 Å². The van der Waals surface area contributed by atoms with Gasteiger partial charge in [-0.25, -0.2) is 4.39 Å². The predicted octanol–water partition coefficient (Wildman–Crippen LogP) is 1.98. The lowest BCUT2D eigenvalue weighted by molar-refractivity contribution is -0.140. The Labute approximate surface area is 184 Å². The fourth-order valence-corrected chi connectivity index (χ4v) is 4.04. The Hall–Kier alpha value is -3.30. The number of aliphatic hydroxyl groups excluding tert-OH is 1. The lowest BCUT2D eigenvalue weighted by atomic mass is 9.97. The number of aromatic nitrogens is 1. The number of ketones is 1. The van der Waals surface area contributed by atoms with Crippen LogP contribution in [-0.2, 0) is 14.3 Å². The van der Waals surface area contributed by atoms with Crippen molar-refractivity contribution in [2.75, 3.05) is 46.5 Å². The number of ether oxygens (including phenoxy) is 2. The number of pyridine rings is 1. The summed E-state index contributed by atoms with van der Waals surface area (Å²) in [4.78, 5) is 33.9. The Morgan fingerprint density at radius 1 is 1.22 bits per heavy atom. The molecule has 2 saturated heterocycles. The molecule has 0 bridgehead atoms. The third kappa shape index (κ3) is 4.21. The maximum absolute atomic E-state index is 13.9. The zero-order valence-electron chi connectivity index (χ0n) is 17.7. The molecule has 0 spiro atoms. The highest BCUT2D eigenvalue weighted by atomic mass is 19.1. The molecule has 1 N–H and O–H groups in total. The Morgan fingerprint density at radius 3 is 2.69 bits per heavy atom. The van der Waals surface area contributed by atoms with Gasteiger partial charge in [-0.1, -0.05) is 6.07 Å². The first-order valence-electron chi connectivity index (χ1n) is 10.3. The largest absolute Gasteiger partial charge is 0.507 e. The van der Waals surface area contributed by atoms with Crippen LogP contribution in [0.2, 0.25) is 0 Å². The zero-order chi connectivity index (χ0) is 22.7. The van der Waals surface area contributed by atoms with Crippen LogP contribution in [0, 0.1) is 5.82 Å². The summed E-state index contributed by atoms with van der Waals surface area (Å²) in [5.41, 5.74) is 0.296. The number of methoxy groups -OCH3 is 1. The van der Waals surface area contributed by atoms with Crippen LogP contribution in [0.4, 0.5) is 4.39 Å². The van der Waals surface area contributed by atoms with Crippen LogP contribution < -0.4 is 4.74 Å². The van der Waals surface area contributed by atoms with E-state index in [1.165, 1.54) is 24.1 Å². The maximum Gasteiger partial charge on any atom is 0.295 e. The molecule has 2 aromatic rings. The van der Waals surface area contributed by atoms with Gasteiger partial charge < -0.3 is 19.5 Å². The normalized spacial score (nSPS) is 21.2. The summed E-state index contributed by atoms with van der Waals surface area (Å²) in [6, 6.07) is 7.87. The first-order chi connectivity index (χ1) is 15.5. The topological polar surface area (TPSA) is 92.2 Å². The van der Waals surface area contributed by atoms with Crippen molar-refractivity contribution in [1.82, 2.24) is 14.8 Å². The van der Waals surface area contributed by atoms with Gasteiger partial charge >= 0.3 is 0 Å². The summed E-state index contributed by atoms with van der Waals surface area (Å²) < 4.78 is 24.5. The van der Waals surface area contributed by atoms with Gasteiger partial charge in [0.2, 0.25) is 0 Å². The van der Waals surface area contributed by atoms with Crippen molar-refractivity contribution in [3.05, 3.63) is 65.2 Å². The van der Waals surface area contributed by atoms with Crippen molar-refractivity contribution >= 4 is 17.4 Å². The molecular weight excluding hydrogens is 417 g/mol. The fraction of sp³-hybridized carbons (Fsp3) is 0.348. The van der Waals surface area contributed by atoms with E-state index in [4.69, 9.17) is 9.47 Å². The Kier molecular flexibility index (Phi) is 6.48. The summed E-state index contributed by atoms with van der Waals surface area (Å²) in [7, 11) is 1.38. The number of carbonyl (C=O) groups excluding carboxylic acids is 2. The average Bonchev–Trinajstić information content (AvgIpc) is 3.08. The molecule has 1 aromatic carbocycles. The number of hydrogen-bond donors (Lipinski definition) is 1. The second-order valence-electron chi connectivity index (χ2n) is 7.55. The standard InChI is InChI=1S/C23H24FN3O5/c1-31-18-6-5-15(24)14-16(18)21(28)19-20(17-4-2-3-7-25-17)27(23(30)22(19)29)9-8-26-10-12-32-13-11-26/h2-7,14,20,28H,8-13H2,1H3/b21-19+.